The summed E-state index contributed by atoms with van der Waals surface area (Å²) in [6.45, 7) is -0.344. The summed E-state index contributed by atoms with van der Waals surface area (Å²) in [7, 11) is 1.51. The standard InChI is InChI=1S/C20H20ClNO5/c1-26-17-5-2-4-14(12-17)18(23)13-27-20(25)7-3-6-19(24)22-16-10-8-15(21)9-11-16/h2,4-5,8-12H,3,6-7,13H2,1H3,(H,22,24). The van der Waals surface area contributed by atoms with Crippen LogP contribution in [0.3, 0.4) is 0 Å². The van der Waals surface area contributed by atoms with Gasteiger partial charge in [-0.25, -0.2) is 0 Å². The maximum absolute atomic E-state index is 12.0. The molecule has 0 heterocycles. The van der Waals surface area contributed by atoms with Gasteiger partial charge in [0.05, 0.1) is 7.11 Å². The monoisotopic (exact) mass is 389 g/mol. The van der Waals surface area contributed by atoms with Gasteiger partial charge in [-0.15, -0.1) is 0 Å². The molecule has 0 unspecified atom stereocenters. The molecule has 2 rings (SSSR count). The molecular formula is C20H20ClNO5. The van der Waals surface area contributed by atoms with Gasteiger partial charge in [0.2, 0.25) is 5.91 Å². The summed E-state index contributed by atoms with van der Waals surface area (Å²) in [5.41, 5.74) is 1.04. The lowest BCUT2D eigenvalue weighted by molar-refractivity contribution is -0.142. The third-order valence-corrected chi connectivity index (χ3v) is 3.92. The Labute approximate surface area is 162 Å². The Kier molecular flexibility index (Phi) is 7.82. The maximum Gasteiger partial charge on any atom is 0.306 e. The van der Waals surface area contributed by atoms with E-state index in [1.54, 1.807) is 48.5 Å². The van der Waals surface area contributed by atoms with Gasteiger partial charge in [-0.1, -0.05) is 23.7 Å². The van der Waals surface area contributed by atoms with E-state index in [-0.39, 0.29) is 31.1 Å². The lowest BCUT2D eigenvalue weighted by Gasteiger charge is -2.07. The van der Waals surface area contributed by atoms with Gasteiger partial charge in [0.15, 0.2) is 12.4 Å². The minimum absolute atomic E-state index is 0.0550. The average molecular weight is 390 g/mol. The Bertz CT molecular complexity index is 804. The highest BCUT2D eigenvalue weighted by Gasteiger charge is 2.11. The molecule has 2 aromatic carbocycles. The van der Waals surface area contributed by atoms with E-state index in [1.807, 2.05) is 0 Å². The molecule has 27 heavy (non-hydrogen) atoms. The number of esters is 1. The van der Waals surface area contributed by atoms with Crippen LogP contribution in [0.1, 0.15) is 29.6 Å². The van der Waals surface area contributed by atoms with E-state index >= 15 is 0 Å². The second-order valence-corrected chi connectivity index (χ2v) is 6.16. The highest BCUT2D eigenvalue weighted by Crippen LogP contribution is 2.15. The first-order valence-corrected chi connectivity index (χ1v) is 8.74. The van der Waals surface area contributed by atoms with Crippen LogP contribution in [-0.2, 0) is 14.3 Å². The van der Waals surface area contributed by atoms with Crippen LogP contribution in [0.25, 0.3) is 0 Å². The molecule has 2 aromatic rings. The van der Waals surface area contributed by atoms with Crippen LogP contribution in [0.2, 0.25) is 5.02 Å². The average Bonchev–Trinajstić information content (AvgIpc) is 2.68. The van der Waals surface area contributed by atoms with E-state index in [2.05, 4.69) is 5.32 Å². The van der Waals surface area contributed by atoms with E-state index in [1.165, 1.54) is 7.11 Å². The van der Waals surface area contributed by atoms with E-state index in [0.717, 1.165) is 0 Å². The highest BCUT2D eigenvalue weighted by atomic mass is 35.5. The van der Waals surface area contributed by atoms with Crippen molar-refractivity contribution in [2.24, 2.45) is 0 Å². The summed E-state index contributed by atoms with van der Waals surface area (Å²) in [5, 5.41) is 3.29. The van der Waals surface area contributed by atoms with Gasteiger partial charge in [-0.3, -0.25) is 14.4 Å². The van der Waals surface area contributed by atoms with Gasteiger partial charge < -0.3 is 14.8 Å². The normalized spacial score (nSPS) is 10.1. The largest absolute Gasteiger partial charge is 0.497 e. The van der Waals surface area contributed by atoms with Gasteiger partial charge >= 0.3 is 5.97 Å². The van der Waals surface area contributed by atoms with Crippen molar-refractivity contribution in [2.45, 2.75) is 19.3 Å². The second-order valence-electron chi connectivity index (χ2n) is 5.72. The molecule has 142 valence electrons. The van der Waals surface area contributed by atoms with Crippen LogP contribution in [0, 0.1) is 0 Å². The van der Waals surface area contributed by atoms with Gasteiger partial charge in [0.1, 0.15) is 5.75 Å². The molecular weight excluding hydrogens is 370 g/mol. The Balaban J connectivity index is 1.67. The molecule has 0 saturated carbocycles. The van der Waals surface area contributed by atoms with Gasteiger partial charge in [0.25, 0.3) is 0 Å². The number of ether oxygens (including phenoxy) is 2. The van der Waals surface area contributed by atoms with Crippen molar-refractivity contribution >= 4 is 34.9 Å². The third-order valence-electron chi connectivity index (χ3n) is 3.67. The number of ketones is 1. The smallest absolute Gasteiger partial charge is 0.306 e. The number of carbonyl (C=O) groups is 3. The molecule has 0 aromatic heterocycles. The molecule has 0 atom stereocenters. The second kappa shape index (κ2) is 10.3. The lowest BCUT2D eigenvalue weighted by atomic mass is 10.1. The minimum Gasteiger partial charge on any atom is -0.497 e. The fourth-order valence-electron chi connectivity index (χ4n) is 2.25. The molecule has 1 amide bonds. The molecule has 0 bridgehead atoms. The van der Waals surface area contributed by atoms with Crippen LogP contribution < -0.4 is 10.1 Å². The van der Waals surface area contributed by atoms with Crippen molar-refractivity contribution in [1.29, 1.82) is 0 Å². The Morgan fingerprint density at radius 2 is 1.78 bits per heavy atom. The van der Waals surface area contributed by atoms with Crippen LogP contribution in [0.5, 0.6) is 5.75 Å². The molecule has 0 aliphatic rings. The number of anilines is 1. The lowest BCUT2D eigenvalue weighted by Crippen LogP contribution is -2.15. The first kappa shape index (κ1) is 20.5. The van der Waals surface area contributed by atoms with Crippen molar-refractivity contribution in [2.75, 3.05) is 19.0 Å². The predicted molar refractivity (Wildman–Crippen MR) is 102 cm³/mol. The molecule has 0 spiro atoms. The van der Waals surface area contributed by atoms with Crippen LogP contribution in [0.4, 0.5) is 5.69 Å². The zero-order valence-electron chi connectivity index (χ0n) is 14.9. The zero-order chi connectivity index (χ0) is 19.6. The Morgan fingerprint density at radius 1 is 1.04 bits per heavy atom. The Morgan fingerprint density at radius 3 is 2.48 bits per heavy atom. The maximum atomic E-state index is 12.0. The first-order chi connectivity index (χ1) is 13.0. The van der Waals surface area contributed by atoms with Crippen molar-refractivity contribution in [3.63, 3.8) is 0 Å². The fourth-order valence-corrected chi connectivity index (χ4v) is 2.37. The fraction of sp³-hybridized carbons (Fsp3) is 0.250. The van der Waals surface area contributed by atoms with E-state index < -0.39 is 5.97 Å². The predicted octanol–water partition coefficient (Wildman–Crippen LogP) is 3.88. The summed E-state index contributed by atoms with van der Waals surface area (Å²) < 4.78 is 10.0. The summed E-state index contributed by atoms with van der Waals surface area (Å²) in [5.74, 6) is -0.496. The summed E-state index contributed by atoms with van der Waals surface area (Å²) in [6, 6.07) is 13.3. The summed E-state index contributed by atoms with van der Waals surface area (Å²) in [6.07, 6.45) is 0.548. The number of hydrogen-bond donors (Lipinski definition) is 1. The number of methoxy groups -OCH3 is 1. The number of Topliss-reactive ketones (excluding diaryl/α,β-unsaturated/α-hetero) is 1. The summed E-state index contributed by atoms with van der Waals surface area (Å²) >= 11 is 5.78. The molecule has 7 heteroatoms. The Hall–Kier alpha value is -2.86. The number of hydrogen-bond acceptors (Lipinski definition) is 5. The van der Waals surface area contributed by atoms with Gasteiger partial charge in [-0.05, 0) is 42.8 Å². The molecule has 1 N–H and O–H groups in total. The molecule has 0 aliphatic carbocycles. The van der Waals surface area contributed by atoms with Crippen LogP contribution in [-0.4, -0.2) is 31.4 Å². The van der Waals surface area contributed by atoms with Crippen molar-refractivity contribution < 1.29 is 23.9 Å². The number of carbonyl (C=O) groups excluding carboxylic acids is 3. The van der Waals surface area contributed by atoms with Gasteiger partial charge in [0, 0.05) is 29.1 Å². The minimum atomic E-state index is -0.523. The SMILES string of the molecule is COc1cccc(C(=O)COC(=O)CCCC(=O)Nc2ccc(Cl)cc2)c1. The van der Waals surface area contributed by atoms with Crippen LogP contribution >= 0.6 is 11.6 Å². The number of nitrogens with one attached hydrogen (secondary N) is 1. The molecule has 0 fully saturated rings. The van der Waals surface area contributed by atoms with E-state index in [4.69, 9.17) is 21.1 Å². The number of halogens is 1. The highest BCUT2D eigenvalue weighted by molar-refractivity contribution is 6.30. The first-order valence-electron chi connectivity index (χ1n) is 8.36. The van der Waals surface area contributed by atoms with Crippen LogP contribution in [0.15, 0.2) is 48.5 Å². The summed E-state index contributed by atoms with van der Waals surface area (Å²) in [4.78, 5) is 35.6. The number of amides is 1. The molecule has 6 nitrogen and oxygen atoms in total. The van der Waals surface area contributed by atoms with E-state index in [9.17, 15) is 14.4 Å². The quantitative estimate of drug-likeness (QED) is 0.519. The topological polar surface area (TPSA) is 81.7 Å². The van der Waals surface area contributed by atoms with Crippen molar-refractivity contribution in [3.05, 3.63) is 59.1 Å². The molecule has 0 radical (unpaired) electrons. The van der Waals surface area contributed by atoms with E-state index in [0.29, 0.717) is 28.4 Å². The van der Waals surface area contributed by atoms with Gasteiger partial charge in [-0.2, -0.15) is 0 Å². The number of benzene rings is 2. The third kappa shape index (κ3) is 7.11. The molecule has 0 saturated heterocycles. The zero-order valence-corrected chi connectivity index (χ0v) is 15.6. The molecule has 0 aliphatic heterocycles. The van der Waals surface area contributed by atoms with Crippen molar-refractivity contribution in [3.8, 4) is 5.75 Å². The van der Waals surface area contributed by atoms with Crippen molar-refractivity contribution in [1.82, 2.24) is 0 Å². The number of rotatable bonds is 9.